The van der Waals surface area contributed by atoms with E-state index >= 15 is 0 Å². The van der Waals surface area contributed by atoms with E-state index in [0.29, 0.717) is 11.5 Å². The molecule has 0 saturated carbocycles. The Morgan fingerprint density at radius 3 is 2.72 bits per heavy atom. The number of rotatable bonds is 5. The van der Waals surface area contributed by atoms with Crippen molar-refractivity contribution in [3.63, 3.8) is 0 Å². The summed E-state index contributed by atoms with van der Waals surface area (Å²) >= 11 is 1.36. The molecule has 2 atom stereocenters. The number of amides is 3. The van der Waals surface area contributed by atoms with Crippen LogP contribution in [0.2, 0.25) is 0 Å². The van der Waals surface area contributed by atoms with Crippen LogP contribution in [0.5, 0.6) is 0 Å². The van der Waals surface area contributed by atoms with Gasteiger partial charge in [-0.05, 0) is 19.1 Å². The summed E-state index contributed by atoms with van der Waals surface area (Å²) in [6.07, 6.45) is 0.572. The van der Waals surface area contributed by atoms with Crippen LogP contribution in [0.25, 0.3) is 0 Å². The molecule has 0 radical (unpaired) electrons. The van der Waals surface area contributed by atoms with Gasteiger partial charge in [0.15, 0.2) is 6.61 Å². The van der Waals surface area contributed by atoms with Crippen molar-refractivity contribution in [3.8, 4) is 0 Å². The quantitative estimate of drug-likeness (QED) is 0.765. The minimum atomic E-state index is -0.914. The molecular formula is C15H18N2O7S. The zero-order valence-corrected chi connectivity index (χ0v) is 14.5. The maximum absolute atomic E-state index is 12.2. The maximum Gasteiger partial charge on any atom is 0.413 e. The summed E-state index contributed by atoms with van der Waals surface area (Å²) < 4.78 is 14.8. The number of imide groups is 1. The third kappa shape index (κ3) is 4.75. The van der Waals surface area contributed by atoms with E-state index in [2.05, 4.69) is 4.74 Å². The molecule has 0 aromatic carbocycles. The number of hydrogen-bond donors (Lipinski definition) is 1. The van der Waals surface area contributed by atoms with Crippen LogP contribution in [0, 0.1) is 0 Å². The summed E-state index contributed by atoms with van der Waals surface area (Å²) in [6, 6.07) is 2.57. The van der Waals surface area contributed by atoms with Gasteiger partial charge in [0, 0.05) is 12.7 Å². The fourth-order valence-corrected chi connectivity index (χ4v) is 3.69. The number of esters is 1. The van der Waals surface area contributed by atoms with Crippen LogP contribution >= 0.6 is 11.8 Å². The van der Waals surface area contributed by atoms with Gasteiger partial charge < -0.3 is 18.8 Å². The van der Waals surface area contributed by atoms with Gasteiger partial charge in [0.25, 0.3) is 5.91 Å². The lowest BCUT2D eigenvalue weighted by molar-refractivity contribution is -0.156. The van der Waals surface area contributed by atoms with Crippen molar-refractivity contribution in [3.05, 3.63) is 24.2 Å². The number of thioether (sulfide) groups is 1. The van der Waals surface area contributed by atoms with Crippen LogP contribution in [-0.2, 0) is 23.9 Å². The highest BCUT2D eigenvalue weighted by molar-refractivity contribution is 7.99. The summed E-state index contributed by atoms with van der Waals surface area (Å²) in [5, 5.41) is 1.48. The molecule has 1 fully saturated rings. The second-order valence-electron chi connectivity index (χ2n) is 5.02. The van der Waals surface area contributed by atoms with Crippen molar-refractivity contribution >= 4 is 35.6 Å². The standard InChI is InChI=1S/C15H18N2O7S/c1-3-22-15(21)16-12(19)7-24-14(20)10-8-25-13(17(10)9(2)18)11-5-4-6-23-11/h4-6,10,13H,3,7-8H2,1-2H3,(H,16,19,21)/t10-,13-/m1/s1. The molecule has 0 bridgehead atoms. The first-order valence-electron chi connectivity index (χ1n) is 7.51. The molecule has 136 valence electrons. The predicted molar refractivity (Wildman–Crippen MR) is 86.3 cm³/mol. The normalized spacial score (nSPS) is 19.4. The van der Waals surface area contributed by atoms with Crippen LogP contribution < -0.4 is 5.32 Å². The number of alkyl carbamates (subject to hydrolysis) is 1. The second kappa shape index (κ2) is 8.56. The van der Waals surface area contributed by atoms with E-state index in [1.807, 2.05) is 5.32 Å². The molecule has 0 unspecified atom stereocenters. The molecule has 3 amide bonds. The van der Waals surface area contributed by atoms with Crippen molar-refractivity contribution < 1.29 is 33.1 Å². The van der Waals surface area contributed by atoms with Gasteiger partial charge in [-0.1, -0.05) is 0 Å². The first-order valence-corrected chi connectivity index (χ1v) is 8.56. The summed E-state index contributed by atoms with van der Waals surface area (Å²) in [6.45, 7) is 2.40. The largest absolute Gasteiger partial charge is 0.466 e. The molecule has 1 saturated heterocycles. The van der Waals surface area contributed by atoms with Crippen LogP contribution in [0.3, 0.4) is 0 Å². The van der Waals surface area contributed by atoms with E-state index in [-0.39, 0.29) is 12.5 Å². The third-order valence-corrected chi connectivity index (χ3v) is 4.57. The number of nitrogens with one attached hydrogen (secondary N) is 1. The molecule has 1 aromatic heterocycles. The average Bonchev–Trinajstić information content (AvgIpc) is 3.21. The molecular weight excluding hydrogens is 352 g/mol. The molecule has 9 nitrogen and oxygen atoms in total. The van der Waals surface area contributed by atoms with Gasteiger partial charge in [-0.3, -0.25) is 14.9 Å². The topological polar surface area (TPSA) is 115 Å². The lowest BCUT2D eigenvalue weighted by Crippen LogP contribution is -2.44. The smallest absolute Gasteiger partial charge is 0.413 e. The van der Waals surface area contributed by atoms with E-state index in [4.69, 9.17) is 9.15 Å². The Kier molecular flexibility index (Phi) is 6.45. The molecule has 0 aliphatic carbocycles. The van der Waals surface area contributed by atoms with E-state index in [0.717, 1.165) is 0 Å². The number of furan rings is 1. The van der Waals surface area contributed by atoms with Crippen molar-refractivity contribution in [1.29, 1.82) is 0 Å². The van der Waals surface area contributed by atoms with Gasteiger partial charge in [0.1, 0.15) is 17.2 Å². The highest BCUT2D eigenvalue weighted by Crippen LogP contribution is 2.41. The Bertz CT molecular complexity index is 646. The highest BCUT2D eigenvalue weighted by Gasteiger charge is 2.43. The minimum Gasteiger partial charge on any atom is -0.466 e. The molecule has 0 spiro atoms. The van der Waals surface area contributed by atoms with Crippen LogP contribution in [0.4, 0.5) is 4.79 Å². The Morgan fingerprint density at radius 1 is 1.36 bits per heavy atom. The first-order chi connectivity index (χ1) is 11.9. The van der Waals surface area contributed by atoms with Gasteiger partial charge in [-0.25, -0.2) is 9.59 Å². The molecule has 2 rings (SSSR count). The van der Waals surface area contributed by atoms with E-state index < -0.39 is 36.0 Å². The lowest BCUT2D eigenvalue weighted by Gasteiger charge is -2.25. The lowest BCUT2D eigenvalue weighted by atomic mass is 10.2. The predicted octanol–water partition coefficient (Wildman–Crippen LogP) is 1.06. The molecule has 1 aliphatic rings. The Balaban J connectivity index is 1.93. The average molecular weight is 370 g/mol. The SMILES string of the molecule is CCOC(=O)NC(=O)COC(=O)[C@H]1CS[C@H](c2ccco2)N1C(C)=O. The summed E-state index contributed by atoms with van der Waals surface area (Å²) in [5.41, 5.74) is 0. The van der Waals surface area contributed by atoms with Gasteiger partial charge in [0.2, 0.25) is 5.91 Å². The minimum absolute atomic E-state index is 0.111. The van der Waals surface area contributed by atoms with Crippen LogP contribution in [0.15, 0.2) is 22.8 Å². The van der Waals surface area contributed by atoms with Gasteiger partial charge in [-0.2, -0.15) is 0 Å². The van der Waals surface area contributed by atoms with Crippen molar-refractivity contribution in [2.45, 2.75) is 25.3 Å². The number of carbonyl (C=O) groups is 4. The third-order valence-electron chi connectivity index (χ3n) is 3.29. The first kappa shape index (κ1) is 18.8. The molecule has 25 heavy (non-hydrogen) atoms. The monoisotopic (exact) mass is 370 g/mol. The molecule has 2 heterocycles. The summed E-state index contributed by atoms with van der Waals surface area (Å²) in [7, 11) is 0. The highest BCUT2D eigenvalue weighted by atomic mass is 32.2. The van der Waals surface area contributed by atoms with Crippen LogP contribution in [0.1, 0.15) is 25.0 Å². The Hall–Kier alpha value is -2.49. The second-order valence-corrected chi connectivity index (χ2v) is 6.13. The van der Waals surface area contributed by atoms with E-state index in [1.54, 1.807) is 19.1 Å². The van der Waals surface area contributed by atoms with Crippen LogP contribution in [-0.4, -0.2) is 53.8 Å². The van der Waals surface area contributed by atoms with Crippen molar-refractivity contribution in [2.24, 2.45) is 0 Å². The van der Waals surface area contributed by atoms with Crippen molar-refractivity contribution in [2.75, 3.05) is 19.0 Å². The molecule has 1 aromatic rings. The number of ether oxygens (including phenoxy) is 2. The van der Waals surface area contributed by atoms with Gasteiger partial charge in [-0.15, -0.1) is 11.8 Å². The molecule has 10 heteroatoms. The Morgan fingerprint density at radius 2 is 2.12 bits per heavy atom. The number of nitrogens with zero attached hydrogens (tertiary/aromatic N) is 1. The summed E-state index contributed by atoms with van der Waals surface area (Å²) in [5.74, 6) is -0.992. The molecule has 1 aliphatic heterocycles. The zero-order chi connectivity index (χ0) is 18.4. The summed E-state index contributed by atoms with van der Waals surface area (Å²) in [4.78, 5) is 48.2. The van der Waals surface area contributed by atoms with E-state index in [9.17, 15) is 19.2 Å². The number of carbonyl (C=O) groups excluding carboxylic acids is 4. The van der Waals surface area contributed by atoms with Gasteiger partial charge >= 0.3 is 12.1 Å². The maximum atomic E-state index is 12.2. The van der Waals surface area contributed by atoms with Gasteiger partial charge in [0.05, 0.1) is 12.9 Å². The number of hydrogen-bond acceptors (Lipinski definition) is 8. The molecule has 1 N–H and O–H groups in total. The zero-order valence-electron chi connectivity index (χ0n) is 13.7. The Labute approximate surface area is 148 Å². The van der Waals surface area contributed by atoms with Crippen molar-refractivity contribution in [1.82, 2.24) is 10.2 Å². The van der Waals surface area contributed by atoms with E-state index in [1.165, 1.54) is 29.8 Å². The fraction of sp³-hybridized carbons (Fsp3) is 0.467. The fourth-order valence-electron chi connectivity index (χ4n) is 2.27.